The highest BCUT2D eigenvalue weighted by Gasteiger charge is 2.22. The van der Waals surface area contributed by atoms with Gasteiger partial charge in [0.1, 0.15) is 5.56 Å². The summed E-state index contributed by atoms with van der Waals surface area (Å²) in [4.78, 5) is 23.0. The molecule has 104 valence electrons. The molecular formula is C13H17ClN2O3. The van der Waals surface area contributed by atoms with E-state index >= 15 is 0 Å². The Balaban J connectivity index is 2.97. The van der Waals surface area contributed by atoms with Gasteiger partial charge in [-0.25, -0.2) is 4.79 Å². The number of halogens is 1. The van der Waals surface area contributed by atoms with Gasteiger partial charge in [-0.2, -0.15) is 0 Å². The average molecular weight is 285 g/mol. The van der Waals surface area contributed by atoms with Crippen molar-refractivity contribution in [2.75, 3.05) is 5.32 Å². The predicted molar refractivity (Wildman–Crippen MR) is 74.5 cm³/mol. The number of nitrogens with two attached hydrogens (primary N) is 1. The second kappa shape index (κ2) is 6.54. The molecule has 1 amide bonds. The van der Waals surface area contributed by atoms with E-state index < -0.39 is 17.9 Å². The van der Waals surface area contributed by atoms with Crippen LogP contribution >= 0.6 is 11.6 Å². The Morgan fingerprint density at radius 1 is 1.47 bits per heavy atom. The Hall–Kier alpha value is -1.59. The maximum Gasteiger partial charge on any atom is 0.339 e. The van der Waals surface area contributed by atoms with Crippen LogP contribution in [-0.2, 0) is 4.79 Å². The molecule has 2 atom stereocenters. The zero-order valence-electron chi connectivity index (χ0n) is 10.8. The molecule has 0 aliphatic carbocycles. The highest BCUT2D eigenvalue weighted by Crippen LogP contribution is 2.24. The smallest absolute Gasteiger partial charge is 0.339 e. The second-order valence-electron chi connectivity index (χ2n) is 4.37. The van der Waals surface area contributed by atoms with Crippen LogP contribution in [0.2, 0.25) is 5.02 Å². The summed E-state index contributed by atoms with van der Waals surface area (Å²) >= 11 is 5.81. The Bertz CT molecular complexity index is 491. The van der Waals surface area contributed by atoms with Crippen molar-refractivity contribution in [1.29, 1.82) is 0 Å². The minimum Gasteiger partial charge on any atom is -0.478 e. The van der Waals surface area contributed by atoms with Crippen LogP contribution < -0.4 is 11.1 Å². The monoisotopic (exact) mass is 284 g/mol. The van der Waals surface area contributed by atoms with Crippen LogP contribution in [0.3, 0.4) is 0 Å². The van der Waals surface area contributed by atoms with E-state index in [0.717, 1.165) is 6.42 Å². The molecule has 0 radical (unpaired) electrons. The van der Waals surface area contributed by atoms with Gasteiger partial charge < -0.3 is 16.2 Å². The molecule has 1 unspecified atom stereocenters. The summed E-state index contributed by atoms with van der Waals surface area (Å²) in [6.45, 7) is 3.79. The summed E-state index contributed by atoms with van der Waals surface area (Å²) in [5.41, 5.74) is 5.82. The van der Waals surface area contributed by atoms with Crippen molar-refractivity contribution >= 4 is 29.2 Å². The van der Waals surface area contributed by atoms with Crippen molar-refractivity contribution < 1.29 is 14.7 Å². The first-order chi connectivity index (χ1) is 8.88. The zero-order chi connectivity index (χ0) is 14.6. The molecule has 5 nitrogen and oxygen atoms in total. The fourth-order valence-electron chi connectivity index (χ4n) is 1.57. The molecule has 1 rings (SSSR count). The topological polar surface area (TPSA) is 92.4 Å². The van der Waals surface area contributed by atoms with Gasteiger partial charge in [0.25, 0.3) is 0 Å². The van der Waals surface area contributed by atoms with Crippen LogP contribution in [0.1, 0.15) is 30.6 Å². The number of aromatic carboxylic acids is 1. The maximum absolute atomic E-state index is 11.9. The number of carbonyl (C=O) groups is 2. The van der Waals surface area contributed by atoms with Gasteiger partial charge in [0.15, 0.2) is 0 Å². The second-order valence-corrected chi connectivity index (χ2v) is 4.78. The lowest BCUT2D eigenvalue weighted by molar-refractivity contribution is -0.118. The first kappa shape index (κ1) is 15.5. The molecule has 0 heterocycles. The fourth-order valence-corrected chi connectivity index (χ4v) is 1.83. The molecular weight excluding hydrogens is 268 g/mol. The third-order valence-electron chi connectivity index (χ3n) is 3.05. The van der Waals surface area contributed by atoms with Gasteiger partial charge in [0.05, 0.1) is 16.8 Å². The average Bonchev–Trinajstić information content (AvgIpc) is 2.36. The summed E-state index contributed by atoms with van der Waals surface area (Å²) < 4.78 is 0. The number of hydrogen-bond acceptors (Lipinski definition) is 3. The summed E-state index contributed by atoms with van der Waals surface area (Å²) in [5, 5.41) is 11.7. The first-order valence-corrected chi connectivity index (χ1v) is 6.34. The number of hydrogen-bond donors (Lipinski definition) is 3. The highest BCUT2D eigenvalue weighted by molar-refractivity contribution is 6.34. The van der Waals surface area contributed by atoms with E-state index in [9.17, 15) is 9.59 Å². The van der Waals surface area contributed by atoms with Gasteiger partial charge in [0, 0.05) is 0 Å². The van der Waals surface area contributed by atoms with Gasteiger partial charge in [-0.15, -0.1) is 0 Å². The van der Waals surface area contributed by atoms with Crippen molar-refractivity contribution in [1.82, 2.24) is 0 Å². The van der Waals surface area contributed by atoms with E-state index in [1.54, 1.807) is 6.07 Å². The van der Waals surface area contributed by atoms with E-state index in [4.69, 9.17) is 22.4 Å². The molecule has 0 spiro atoms. The van der Waals surface area contributed by atoms with Crippen molar-refractivity contribution in [3.05, 3.63) is 28.8 Å². The number of rotatable bonds is 5. The van der Waals surface area contributed by atoms with E-state index in [2.05, 4.69) is 5.32 Å². The Morgan fingerprint density at radius 3 is 2.63 bits per heavy atom. The molecule has 0 aliphatic rings. The minimum atomic E-state index is -1.20. The number of nitrogens with one attached hydrogen (secondary N) is 1. The van der Waals surface area contributed by atoms with Crippen molar-refractivity contribution in [2.45, 2.75) is 26.3 Å². The summed E-state index contributed by atoms with van der Waals surface area (Å²) in [5.74, 6) is -1.61. The first-order valence-electron chi connectivity index (χ1n) is 5.96. The number of carboxylic acids is 1. The molecule has 0 saturated carbocycles. The molecule has 6 heteroatoms. The molecule has 0 aromatic heterocycles. The van der Waals surface area contributed by atoms with E-state index in [1.807, 2.05) is 13.8 Å². The van der Waals surface area contributed by atoms with E-state index in [0.29, 0.717) is 0 Å². The van der Waals surface area contributed by atoms with E-state index in [-0.39, 0.29) is 22.2 Å². The third kappa shape index (κ3) is 3.68. The van der Waals surface area contributed by atoms with Gasteiger partial charge in [-0.1, -0.05) is 37.9 Å². The lowest BCUT2D eigenvalue weighted by Crippen LogP contribution is -2.40. The summed E-state index contributed by atoms with van der Waals surface area (Å²) in [7, 11) is 0. The fraction of sp³-hybridized carbons (Fsp3) is 0.385. The van der Waals surface area contributed by atoms with Gasteiger partial charge in [-0.05, 0) is 18.1 Å². The lowest BCUT2D eigenvalue weighted by Gasteiger charge is -2.18. The largest absolute Gasteiger partial charge is 0.478 e. The van der Waals surface area contributed by atoms with Crippen molar-refractivity contribution in [3.63, 3.8) is 0 Å². The highest BCUT2D eigenvalue weighted by atomic mass is 35.5. The molecule has 0 fully saturated rings. The number of carboxylic acid groups (broad SMARTS) is 1. The third-order valence-corrected chi connectivity index (χ3v) is 3.36. The number of amides is 1. The van der Waals surface area contributed by atoms with Crippen molar-refractivity contribution in [2.24, 2.45) is 11.7 Å². The maximum atomic E-state index is 11.9. The quantitative estimate of drug-likeness (QED) is 0.774. The lowest BCUT2D eigenvalue weighted by atomic mass is 9.99. The van der Waals surface area contributed by atoms with Gasteiger partial charge in [-0.3, -0.25) is 4.79 Å². The van der Waals surface area contributed by atoms with Crippen LogP contribution in [0, 0.1) is 5.92 Å². The molecule has 1 aromatic carbocycles. The minimum absolute atomic E-state index is 0.00691. The van der Waals surface area contributed by atoms with Gasteiger partial charge in [0.2, 0.25) is 5.91 Å². The van der Waals surface area contributed by atoms with Gasteiger partial charge >= 0.3 is 5.97 Å². The molecule has 19 heavy (non-hydrogen) atoms. The molecule has 0 bridgehead atoms. The normalized spacial score (nSPS) is 13.7. The molecule has 1 aromatic rings. The van der Waals surface area contributed by atoms with Crippen LogP contribution in [-0.4, -0.2) is 23.0 Å². The summed E-state index contributed by atoms with van der Waals surface area (Å²) in [6.07, 6.45) is 0.760. The zero-order valence-corrected chi connectivity index (χ0v) is 11.6. The molecule has 4 N–H and O–H groups in total. The van der Waals surface area contributed by atoms with E-state index in [1.165, 1.54) is 12.1 Å². The Labute approximate surface area is 116 Å². The summed E-state index contributed by atoms with van der Waals surface area (Å²) in [6, 6.07) is 3.82. The molecule has 0 aliphatic heterocycles. The Morgan fingerprint density at radius 2 is 2.11 bits per heavy atom. The molecule has 0 saturated heterocycles. The van der Waals surface area contributed by atoms with Crippen LogP contribution in [0.4, 0.5) is 5.69 Å². The standard InChI is InChI=1S/C13H17ClN2O3/c1-3-7(2)11(15)12(17)16-9-6-4-5-8(14)10(9)13(18)19/h4-7,11H,3,15H2,1-2H3,(H,16,17)(H,18,19)/t7?,11-/m0/s1. The number of anilines is 1. The SMILES string of the molecule is CCC(C)[C@H](N)C(=O)Nc1cccc(Cl)c1C(=O)O. The Kier molecular flexibility index (Phi) is 5.32. The number of carbonyl (C=O) groups excluding carboxylic acids is 1. The van der Waals surface area contributed by atoms with Crippen LogP contribution in [0.15, 0.2) is 18.2 Å². The van der Waals surface area contributed by atoms with Crippen molar-refractivity contribution in [3.8, 4) is 0 Å². The number of benzene rings is 1. The van der Waals surface area contributed by atoms with Crippen LogP contribution in [0.25, 0.3) is 0 Å². The predicted octanol–water partition coefficient (Wildman–Crippen LogP) is 2.35. The van der Waals surface area contributed by atoms with Crippen LogP contribution in [0.5, 0.6) is 0 Å².